The molecule has 2 atom stereocenters. The van der Waals surface area contributed by atoms with Crippen molar-refractivity contribution in [2.45, 2.75) is 36.8 Å². The molecule has 6 rings (SSSR count). The van der Waals surface area contributed by atoms with E-state index in [-0.39, 0.29) is 24.2 Å². The lowest BCUT2D eigenvalue weighted by Gasteiger charge is -2.29. The Morgan fingerprint density at radius 3 is 2.68 bits per heavy atom. The molecule has 0 aliphatic carbocycles. The zero-order chi connectivity index (χ0) is 30.5. The number of hydrogen-bond donors (Lipinski definition) is 2. The van der Waals surface area contributed by atoms with Crippen molar-refractivity contribution >= 4 is 46.9 Å². The van der Waals surface area contributed by atoms with Crippen LogP contribution in [0.2, 0.25) is 0 Å². The van der Waals surface area contributed by atoms with Crippen LogP contribution in [0.3, 0.4) is 0 Å². The summed E-state index contributed by atoms with van der Waals surface area (Å²) in [5.74, 6) is -0.0705. The second kappa shape index (κ2) is 12.9. The van der Waals surface area contributed by atoms with Crippen molar-refractivity contribution in [3.63, 3.8) is 0 Å². The van der Waals surface area contributed by atoms with Crippen LogP contribution in [0.15, 0.2) is 95.5 Å². The van der Waals surface area contributed by atoms with Crippen molar-refractivity contribution in [2.24, 2.45) is 4.99 Å². The third-order valence-electron chi connectivity index (χ3n) is 7.71. The Hall–Kier alpha value is -4.64. The number of carbonyl (C=O) groups excluding carboxylic acids is 3. The first-order chi connectivity index (χ1) is 21.4. The van der Waals surface area contributed by atoms with Crippen molar-refractivity contribution in [1.82, 2.24) is 10.2 Å². The van der Waals surface area contributed by atoms with E-state index in [0.717, 1.165) is 16.7 Å². The number of benzene rings is 3. The average molecular weight is 615 g/mol. The zero-order valence-corrected chi connectivity index (χ0v) is 24.6. The van der Waals surface area contributed by atoms with E-state index in [2.05, 4.69) is 15.6 Å². The standard InChI is InChI=1S/C33H31FN4O5S/c34-25-8-4-9-27(18-25)36-31-23(15-17-42-31)19-33(37-29(39)21-44-33)24-11-13-26(14-12-24)35-30(40)28-10-5-16-38(28)32(41)43-20-22-6-2-1-3-7-22/h1-4,6-9,11-15,18,28H,5,10,16-17,19-21H2,(H,35,40)(H,37,39)/t28-,33?/m0/s1. The summed E-state index contributed by atoms with van der Waals surface area (Å²) in [6.45, 7) is 0.929. The lowest BCUT2D eigenvalue weighted by Crippen LogP contribution is -2.43. The Morgan fingerprint density at radius 1 is 1.11 bits per heavy atom. The number of thioether (sulfide) groups is 1. The minimum absolute atomic E-state index is 0.0870. The van der Waals surface area contributed by atoms with Gasteiger partial charge in [-0.25, -0.2) is 14.2 Å². The molecule has 0 bridgehead atoms. The topological polar surface area (TPSA) is 109 Å². The van der Waals surface area contributed by atoms with Crippen LogP contribution in [0.4, 0.5) is 20.6 Å². The Bertz CT molecular complexity index is 1610. The first-order valence-electron chi connectivity index (χ1n) is 14.4. The predicted molar refractivity (Wildman–Crippen MR) is 166 cm³/mol. The monoisotopic (exact) mass is 614 g/mol. The molecule has 0 saturated carbocycles. The van der Waals surface area contributed by atoms with Gasteiger partial charge in [-0.1, -0.05) is 48.5 Å². The SMILES string of the molecule is O=C1CSC(CC2=CCOC2=Nc2cccc(F)c2)(c2ccc(NC(=O)[C@@H]3CCCN3C(=O)OCc3ccccc3)cc2)N1. The maximum absolute atomic E-state index is 13.7. The average Bonchev–Trinajstić information content (AvgIpc) is 3.78. The van der Waals surface area contributed by atoms with Crippen LogP contribution in [0, 0.1) is 5.82 Å². The number of anilines is 1. The quantitative estimate of drug-likeness (QED) is 0.339. The summed E-state index contributed by atoms with van der Waals surface area (Å²) >= 11 is 1.48. The number of nitrogens with one attached hydrogen (secondary N) is 2. The highest BCUT2D eigenvalue weighted by molar-refractivity contribution is 8.01. The van der Waals surface area contributed by atoms with Gasteiger partial charge in [-0.3, -0.25) is 14.5 Å². The number of halogens is 1. The molecule has 226 valence electrons. The van der Waals surface area contributed by atoms with Crippen molar-refractivity contribution < 1.29 is 28.2 Å². The minimum atomic E-state index is -0.771. The molecule has 3 amide bonds. The number of amides is 3. The van der Waals surface area contributed by atoms with Crippen LogP contribution in [0.5, 0.6) is 0 Å². The van der Waals surface area contributed by atoms with Crippen molar-refractivity contribution in [3.05, 3.63) is 107 Å². The molecule has 0 spiro atoms. The molecule has 3 aromatic carbocycles. The smallest absolute Gasteiger partial charge is 0.410 e. The van der Waals surface area contributed by atoms with Crippen LogP contribution in [-0.2, 0) is 30.5 Å². The van der Waals surface area contributed by atoms with E-state index in [9.17, 15) is 18.8 Å². The summed E-state index contributed by atoms with van der Waals surface area (Å²) in [4.78, 5) is 43.6. The molecule has 3 aliphatic rings. The molecule has 44 heavy (non-hydrogen) atoms. The summed E-state index contributed by atoms with van der Waals surface area (Å²) in [6.07, 6.45) is 3.07. The van der Waals surface area contributed by atoms with Gasteiger partial charge in [0, 0.05) is 24.2 Å². The normalized spacial score (nSPS) is 22.0. The Balaban J connectivity index is 1.12. The summed E-state index contributed by atoms with van der Waals surface area (Å²) in [7, 11) is 0. The van der Waals surface area contributed by atoms with Gasteiger partial charge in [0.25, 0.3) is 0 Å². The van der Waals surface area contributed by atoms with Crippen LogP contribution in [0.1, 0.15) is 30.4 Å². The van der Waals surface area contributed by atoms with Gasteiger partial charge in [-0.05, 0) is 60.4 Å². The van der Waals surface area contributed by atoms with Crippen LogP contribution < -0.4 is 10.6 Å². The molecule has 3 aliphatic heterocycles. The largest absolute Gasteiger partial charge is 0.473 e. The van der Waals surface area contributed by atoms with E-state index in [4.69, 9.17) is 9.47 Å². The first kappa shape index (κ1) is 29.4. The van der Waals surface area contributed by atoms with E-state index in [1.54, 1.807) is 24.3 Å². The Labute approximate surface area is 258 Å². The summed E-state index contributed by atoms with van der Waals surface area (Å²) < 4.78 is 24.9. The van der Waals surface area contributed by atoms with Gasteiger partial charge in [-0.2, -0.15) is 0 Å². The Kier molecular flexibility index (Phi) is 8.65. The molecule has 11 heteroatoms. The predicted octanol–water partition coefficient (Wildman–Crippen LogP) is 5.66. The molecule has 9 nitrogen and oxygen atoms in total. The molecular formula is C33H31FN4O5S. The number of rotatable bonds is 8. The number of aliphatic imine (C=N–C) groups is 1. The van der Waals surface area contributed by atoms with Gasteiger partial charge in [0.1, 0.15) is 29.9 Å². The highest BCUT2D eigenvalue weighted by Crippen LogP contribution is 2.44. The fourth-order valence-corrected chi connectivity index (χ4v) is 6.73. The molecular weight excluding hydrogens is 583 g/mol. The number of carbonyl (C=O) groups is 3. The van der Waals surface area contributed by atoms with Gasteiger partial charge < -0.3 is 20.1 Å². The molecule has 0 aromatic heterocycles. The zero-order valence-electron chi connectivity index (χ0n) is 23.8. The van der Waals surface area contributed by atoms with Gasteiger partial charge >= 0.3 is 6.09 Å². The van der Waals surface area contributed by atoms with Gasteiger partial charge in [0.15, 0.2) is 0 Å². The molecule has 0 radical (unpaired) electrons. The van der Waals surface area contributed by atoms with Crippen LogP contribution in [-0.4, -0.2) is 53.7 Å². The molecule has 2 fully saturated rings. The molecule has 1 unspecified atom stereocenters. The number of nitrogens with zero attached hydrogens (tertiary/aromatic N) is 2. The van der Waals surface area contributed by atoms with E-state index < -0.39 is 17.0 Å². The fourth-order valence-electron chi connectivity index (χ4n) is 5.53. The highest BCUT2D eigenvalue weighted by Gasteiger charge is 2.42. The third kappa shape index (κ3) is 6.62. The van der Waals surface area contributed by atoms with E-state index in [1.165, 1.54) is 28.8 Å². The maximum Gasteiger partial charge on any atom is 0.410 e. The molecule has 3 aromatic rings. The molecule has 3 heterocycles. The van der Waals surface area contributed by atoms with Crippen molar-refractivity contribution in [2.75, 3.05) is 24.2 Å². The van der Waals surface area contributed by atoms with Crippen LogP contribution in [0.25, 0.3) is 0 Å². The molecule has 2 saturated heterocycles. The van der Waals surface area contributed by atoms with E-state index in [1.807, 2.05) is 48.5 Å². The maximum atomic E-state index is 13.7. The number of ether oxygens (including phenoxy) is 2. The first-order valence-corrected chi connectivity index (χ1v) is 15.4. The summed E-state index contributed by atoms with van der Waals surface area (Å²) in [5, 5.41) is 6.05. The van der Waals surface area contributed by atoms with Crippen molar-refractivity contribution in [3.8, 4) is 0 Å². The lowest BCUT2D eigenvalue weighted by molar-refractivity contribution is -0.120. The van der Waals surface area contributed by atoms with Crippen LogP contribution >= 0.6 is 11.8 Å². The number of likely N-dealkylation sites (tertiary alicyclic amines) is 1. The van der Waals surface area contributed by atoms with E-state index >= 15 is 0 Å². The Morgan fingerprint density at radius 2 is 1.93 bits per heavy atom. The second-order valence-electron chi connectivity index (χ2n) is 10.7. The fraction of sp³-hybridized carbons (Fsp3) is 0.273. The minimum Gasteiger partial charge on any atom is -0.473 e. The summed E-state index contributed by atoms with van der Waals surface area (Å²) in [6, 6.07) is 22.1. The number of hydrogen-bond acceptors (Lipinski definition) is 7. The third-order valence-corrected chi connectivity index (χ3v) is 9.09. The molecule has 2 N–H and O–H groups in total. The second-order valence-corrected chi connectivity index (χ2v) is 12.0. The highest BCUT2D eigenvalue weighted by atomic mass is 32.2. The van der Waals surface area contributed by atoms with E-state index in [0.29, 0.717) is 55.4 Å². The lowest BCUT2D eigenvalue weighted by atomic mass is 9.97. The van der Waals surface area contributed by atoms with Gasteiger partial charge in [-0.15, -0.1) is 11.8 Å². The van der Waals surface area contributed by atoms with Gasteiger partial charge in [0.05, 0.1) is 11.4 Å². The summed E-state index contributed by atoms with van der Waals surface area (Å²) in [5.41, 5.74) is 3.54. The van der Waals surface area contributed by atoms with Gasteiger partial charge in [0.2, 0.25) is 17.7 Å². The van der Waals surface area contributed by atoms with Crippen molar-refractivity contribution in [1.29, 1.82) is 0 Å².